The van der Waals surface area contributed by atoms with Crippen LogP contribution in [-0.2, 0) is 12.8 Å². The monoisotopic (exact) mass is 245 g/mol. The molecule has 98 valence electrons. The van der Waals surface area contributed by atoms with Gasteiger partial charge in [-0.3, -0.25) is 0 Å². The molecule has 2 nitrogen and oxygen atoms in total. The van der Waals surface area contributed by atoms with E-state index in [1.54, 1.807) is 24.3 Å². The van der Waals surface area contributed by atoms with Gasteiger partial charge >= 0.3 is 0 Å². The summed E-state index contributed by atoms with van der Waals surface area (Å²) in [5.74, 6) is 1.78. The number of ether oxygens (including phenoxy) is 1. The van der Waals surface area contributed by atoms with E-state index in [-0.39, 0.29) is 0 Å². The number of hydrogen-bond donors (Lipinski definition) is 0. The van der Waals surface area contributed by atoms with Gasteiger partial charge in [-0.05, 0) is 54.4 Å². The summed E-state index contributed by atoms with van der Waals surface area (Å²) >= 11 is 0. The second-order valence-electron chi connectivity index (χ2n) is 4.69. The molecule has 18 heavy (non-hydrogen) atoms. The summed E-state index contributed by atoms with van der Waals surface area (Å²) < 4.78 is 5.45. The third-order valence-electron chi connectivity index (χ3n) is 3.55. The molecule has 2 rings (SSSR count). The lowest BCUT2D eigenvalue weighted by Crippen LogP contribution is -2.11. The average molecular weight is 245 g/mol. The van der Waals surface area contributed by atoms with E-state index >= 15 is 0 Å². The molecule has 0 bridgehead atoms. The molecule has 1 aromatic rings. The van der Waals surface area contributed by atoms with Crippen molar-refractivity contribution in [3.8, 4) is 11.8 Å². The average Bonchev–Trinajstić information content (AvgIpc) is 2.38. The molecule has 1 aliphatic carbocycles. The fourth-order valence-corrected chi connectivity index (χ4v) is 2.82. The highest BCUT2D eigenvalue weighted by molar-refractivity contribution is 5.48. The quantitative estimate of drug-likeness (QED) is 0.781. The maximum absolute atomic E-state index is 7.32. The number of nitrogens with zero attached hydrogens (tertiary/aromatic N) is 1. The van der Waals surface area contributed by atoms with E-state index in [1.165, 1.54) is 31.7 Å². The normalized spacial score (nSPS) is 16.9. The standard InChI is InChI=1S/C14H20O.C2H3N/c1-4-12-13(15-3)9-8-11-7-5-6-10(2)14(11)12;1-2-3/h8-10H,4-7H2,1-3H3;1H3. The summed E-state index contributed by atoms with van der Waals surface area (Å²) in [6, 6.07) is 6.14. The predicted octanol–water partition coefficient (Wildman–Crippen LogP) is 4.23. The Hall–Kier alpha value is -1.49. The fraction of sp³-hybridized carbons (Fsp3) is 0.562. The van der Waals surface area contributed by atoms with Crippen LogP contribution in [0.4, 0.5) is 0 Å². The molecule has 0 radical (unpaired) electrons. The second kappa shape index (κ2) is 7.06. The first kappa shape index (κ1) is 14.6. The summed E-state index contributed by atoms with van der Waals surface area (Å²) in [4.78, 5) is 0. The Kier molecular flexibility index (Phi) is 5.71. The van der Waals surface area contributed by atoms with Gasteiger partial charge in [-0.1, -0.05) is 19.9 Å². The van der Waals surface area contributed by atoms with E-state index in [2.05, 4.69) is 26.0 Å². The SMILES string of the molecule is CC#N.CCc1c(OC)ccc2c1C(C)CCC2. The number of hydrogen-bond acceptors (Lipinski definition) is 2. The molecule has 0 spiro atoms. The molecular formula is C16H23NO. The summed E-state index contributed by atoms with van der Waals surface area (Å²) in [7, 11) is 1.77. The first-order valence-electron chi connectivity index (χ1n) is 6.69. The van der Waals surface area contributed by atoms with Crippen molar-refractivity contribution in [3.63, 3.8) is 0 Å². The number of methoxy groups -OCH3 is 1. The van der Waals surface area contributed by atoms with E-state index in [0.29, 0.717) is 5.92 Å². The Bertz CT molecular complexity index is 431. The summed E-state index contributed by atoms with van der Waals surface area (Å²) in [5, 5.41) is 7.32. The number of benzene rings is 1. The molecule has 0 aromatic heterocycles. The lowest BCUT2D eigenvalue weighted by Gasteiger charge is -2.26. The van der Waals surface area contributed by atoms with E-state index < -0.39 is 0 Å². The molecule has 2 heteroatoms. The van der Waals surface area contributed by atoms with Gasteiger partial charge in [0.15, 0.2) is 0 Å². The molecule has 0 fully saturated rings. The van der Waals surface area contributed by atoms with E-state index in [9.17, 15) is 0 Å². The molecule has 1 atom stereocenters. The Labute approximate surface area is 111 Å². The first-order valence-corrected chi connectivity index (χ1v) is 6.69. The van der Waals surface area contributed by atoms with Gasteiger partial charge in [-0.15, -0.1) is 0 Å². The molecule has 0 amide bonds. The van der Waals surface area contributed by atoms with Gasteiger partial charge in [-0.2, -0.15) is 5.26 Å². The van der Waals surface area contributed by atoms with Crippen LogP contribution in [0.3, 0.4) is 0 Å². The van der Waals surface area contributed by atoms with Crippen molar-refractivity contribution < 1.29 is 4.74 Å². The van der Waals surface area contributed by atoms with Crippen molar-refractivity contribution in [1.29, 1.82) is 5.26 Å². The summed E-state index contributed by atoms with van der Waals surface area (Å²) in [5.41, 5.74) is 4.55. The molecule has 1 unspecified atom stereocenters. The number of aryl methyl sites for hydroxylation is 1. The molecule has 1 aliphatic rings. The third-order valence-corrected chi connectivity index (χ3v) is 3.55. The summed E-state index contributed by atoms with van der Waals surface area (Å²) in [6.45, 7) is 6.00. The van der Waals surface area contributed by atoms with Gasteiger partial charge in [0.05, 0.1) is 13.2 Å². The minimum atomic E-state index is 0.707. The highest BCUT2D eigenvalue weighted by Crippen LogP contribution is 2.37. The third kappa shape index (κ3) is 3.04. The smallest absolute Gasteiger partial charge is 0.122 e. The Morgan fingerprint density at radius 3 is 2.67 bits per heavy atom. The van der Waals surface area contributed by atoms with Crippen LogP contribution >= 0.6 is 0 Å². The van der Waals surface area contributed by atoms with Crippen molar-refractivity contribution >= 4 is 0 Å². The number of rotatable bonds is 2. The largest absolute Gasteiger partial charge is 0.496 e. The molecule has 0 N–H and O–H groups in total. The molecule has 0 heterocycles. The van der Waals surface area contributed by atoms with Gasteiger partial charge in [0.25, 0.3) is 0 Å². The van der Waals surface area contributed by atoms with Crippen LogP contribution in [0, 0.1) is 11.3 Å². The zero-order valence-corrected chi connectivity index (χ0v) is 11.9. The van der Waals surface area contributed by atoms with Crippen molar-refractivity contribution in [2.45, 2.75) is 52.4 Å². The fourth-order valence-electron chi connectivity index (χ4n) is 2.82. The zero-order valence-electron chi connectivity index (χ0n) is 11.9. The van der Waals surface area contributed by atoms with Crippen LogP contribution in [0.15, 0.2) is 12.1 Å². The van der Waals surface area contributed by atoms with Crippen molar-refractivity contribution in [3.05, 3.63) is 28.8 Å². The molecular weight excluding hydrogens is 222 g/mol. The lowest BCUT2D eigenvalue weighted by atomic mass is 9.80. The summed E-state index contributed by atoms with van der Waals surface area (Å²) in [6.07, 6.45) is 4.99. The highest BCUT2D eigenvalue weighted by atomic mass is 16.5. The Morgan fingerprint density at radius 2 is 2.11 bits per heavy atom. The van der Waals surface area contributed by atoms with Crippen LogP contribution in [0.1, 0.15) is 56.2 Å². The van der Waals surface area contributed by atoms with E-state index in [4.69, 9.17) is 10.00 Å². The van der Waals surface area contributed by atoms with Crippen LogP contribution in [0.5, 0.6) is 5.75 Å². The molecule has 0 aliphatic heterocycles. The van der Waals surface area contributed by atoms with Crippen LogP contribution in [0.2, 0.25) is 0 Å². The Balaban J connectivity index is 0.000000492. The van der Waals surface area contributed by atoms with Gasteiger partial charge in [-0.25, -0.2) is 0 Å². The maximum Gasteiger partial charge on any atom is 0.122 e. The van der Waals surface area contributed by atoms with Crippen molar-refractivity contribution in [1.82, 2.24) is 0 Å². The minimum absolute atomic E-state index is 0.707. The van der Waals surface area contributed by atoms with Gasteiger partial charge in [0.1, 0.15) is 5.75 Å². The van der Waals surface area contributed by atoms with Crippen LogP contribution < -0.4 is 4.74 Å². The zero-order chi connectivity index (χ0) is 13.5. The number of nitriles is 1. The maximum atomic E-state index is 7.32. The highest BCUT2D eigenvalue weighted by Gasteiger charge is 2.21. The first-order chi connectivity index (χ1) is 8.69. The Morgan fingerprint density at radius 1 is 1.44 bits per heavy atom. The van der Waals surface area contributed by atoms with Gasteiger partial charge < -0.3 is 4.74 Å². The number of fused-ring (bicyclic) bond motifs is 1. The van der Waals surface area contributed by atoms with E-state index in [0.717, 1.165) is 12.2 Å². The predicted molar refractivity (Wildman–Crippen MR) is 75.0 cm³/mol. The van der Waals surface area contributed by atoms with Crippen molar-refractivity contribution in [2.24, 2.45) is 0 Å². The van der Waals surface area contributed by atoms with Gasteiger partial charge in [0, 0.05) is 6.92 Å². The lowest BCUT2D eigenvalue weighted by molar-refractivity contribution is 0.407. The molecule has 1 aromatic carbocycles. The van der Waals surface area contributed by atoms with Crippen LogP contribution in [0.25, 0.3) is 0 Å². The van der Waals surface area contributed by atoms with Crippen molar-refractivity contribution in [2.75, 3.05) is 7.11 Å². The molecule has 0 saturated heterocycles. The minimum Gasteiger partial charge on any atom is -0.496 e. The second-order valence-corrected chi connectivity index (χ2v) is 4.69. The topological polar surface area (TPSA) is 33.0 Å². The van der Waals surface area contributed by atoms with Crippen LogP contribution in [-0.4, -0.2) is 7.11 Å². The van der Waals surface area contributed by atoms with Gasteiger partial charge in [0.2, 0.25) is 0 Å². The van der Waals surface area contributed by atoms with E-state index in [1.807, 2.05) is 0 Å². The molecule has 0 saturated carbocycles.